The van der Waals surface area contributed by atoms with Gasteiger partial charge in [0.15, 0.2) is 0 Å². The van der Waals surface area contributed by atoms with Crippen LogP contribution in [0.4, 0.5) is 16.2 Å². The molecule has 6 nitrogen and oxygen atoms in total. The van der Waals surface area contributed by atoms with Gasteiger partial charge in [-0.1, -0.05) is 41.4 Å². The summed E-state index contributed by atoms with van der Waals surface area (Å²) in [5.74, 6) is -0.167. The van der Waals surface area contributed by atoms with Crippen molar-refractivity contribution in [2.45, 2.75) is 13.3 Å². The topological polar surface area (TPSA) is 64.7 Å². The summed E-state index contributed by atoms with van der Waals surface area (Å²) in [6.07, 6.45) is 0.192. The lowest BCUT2D eigenvalue weighted by Gasteiger charge is -2.36. The molecular weight excluding hydrogens is 411 g/mol. The average molecular weight is 435 g/mol. The van der Waals surface area contributed by atoms with Crippen LogP contribution in [0.25, 0.3) is 0 Å². The largest absolute Gasteiger partial charge is 0.367 e. The van der Waals surface area contributed by atoms with Crippen LogP contribution < -0.4 is 15.5 Å². The third kappa shape index (κ3) is 5.55. The first-order chi connectivity index (χ1) is 14.0. The smallest absolute Gasteiger partial charge is 0.317 e. The first-order valence-electron chi connectivity index (χ1n) is 9.53. The monoisotopic (exact) mass is 434 g/mol. The lowest BCUT2D eigenvalue weighted by Crippen LogP contribution is -2.52. The minimum atomic E-state index is -0.167. The van der Waals surface area contributed by atoms with Crippen LogP contribution in [0.15, 0.2) is 42.5 Å². The molecule has 3 rings (SSSR count). The molecule has 1 aliphatic rings. The van der Waals surface area contributed by atoms with Gasteiger partial charge in [0.1, 0.15) is 0 Å². The summed E-state index contributed by atoms with van der Waals surface area (Å²) in [7, 11) is 0. The SMILES string of the molecule is Cc1c(Cl)cccc1NC(=O)CCNC(=O)N1CCN(c2ccccc2Cl)CC1. The van der Waals surface area contributed by atoms with Crippen molar-refractivity contribution in [2.24, 2.45) is 0 Å². The Morgan fingerprint density at radius 1 is 0.966 bits per heavy atom. The number of amides is 3. The lowest BCUT2D eigenvalue weighted by molar-refractivity contribution is -0.116. The Kier molecular flexibility index (Phi) is 7.23. The standard InChI is InChI=1S/C21H24Cl2N4O2/c1-15-16(22)6-4-7-18(15)25-20(28)9-10-24-21(29)27-13-11-26(12-14-27)19-8-3-2-5-17(19)23/h2-8H,9-14H2,1H3,(H,24,29)(H,25,28). The van der Waals surface area contributed by atoms with Gasteiger partial charge in [-0.25, -0.2) is 4.79 Å². The molecule has 0 bridgehead atoms. The van der Waals surface area contributed by atoms with E-state index in [0.717, 1.165) is 11.3 Å². The first-order valence-corrected chi connectivity index (χ1v) is 10.3. The summed E-state index contributed by atoms with van der Waals surface area (Å²) in [6, 6.07) is 12.9. The summed E-state index contributed by atoms with van der Waals surface area (Å²) in [6.45, 7) is 4.75. The normalized spacial score (nSPS) is 13.9. The van der Waals surface area contributed by atoms with Crippen molar-refractivity contribution in [3.8, 4) is 0 Å². The number of rotatable bonds is 5. The number of anilines is 2. The average Bonchev–Trinajstić information content (AvgIpc) is 2.72. The maximum atomic E-state index is 12.4. The first kappa shape index (κ1) is 21.3. The van der Waals surface area contributed by atoms with Crippen molar-refractivity contribution < 1.29 is 9.59 Å². The van der Waals surface area contributed by atoms with E-state index in [4.69, 9.17) is 23.2 Å². The Balaban J connectivity index is 1.41. The van der Waals surface area contributed by atoms with E-state index in [1.54, 1.807) is 23.1 Å². The quantitative estimate of drug-likeness (QED) is 0.742. The third-order valence-corrected chi connectivity index (χ3v) is 5.66. The van der Waals surface area contributed by atoms with Crippen molar-refractivity contribution in [1.29, 1.82) is 0 Å². The Bertz CT molecular complexity index is 883. The van der Waals surface area contributed by atoms with Gasteiger partial charge in [-0.05, 0) is 36.8 Å². The van der Waals surface area contributed by atoms with Gasteiger partial charge in [0.2, 0.25) is 5.91 Å². The molecule has 154 valence electrons. The molecule has 0 spiro atoms. The predicted octanol–water partition coefficient (Wildman–Crippen LogP) is 4.16. The zero-order valence-corrected chi connectivity index (χ0v) is 17.8. The number of nitrogens with one attached hydrogen (secondary N) is 2. The van der Waals surface area contributed by atoms with Crippen LogP contribution in [0.1, 0.15) is 12.0 Å². The zero-order chi connectivity index (χ0) is 20.8. The Morgan fingerprint density at radius 2 is 1.66 bits per heavy atom. The van der Waals surface area contributed by atoms with Crippen molar-refractivity contribution in [2.75, 3.05) is 42.9 Å². The molecule has 1 aliphatic heterocycles. The fourth-order valence-corrected chi connectivity index (χ4v) is 3.64. The molecule has 0 aliphatic carbocycles. The second-order valence-corrected chi connectivity index (χ2v) is 7.68. The minimum absolute atomic E-state index is 0.157. The summed E-state index contributed by atoms with van der Waals surface area (Å²) in [5, 5.41) is 6.96. The summed E-state index contributed by atoms with van der Waals surface area (Å²) in [5.41, 5.74) is 2.50. The molecule has 0 saturated carbocycles. The fraction of sp³-hybridized carbons (Fsp3) is 0.333. The van der Waals surface area contributed by atoms with Gasteiger partial charge in [0.25, 0.3) is 0 Å². The molecule has 0 unspecified atom stereocenters. The van der Waals surface area contributed by atoms with Gasteiger partial charge in [0, 0.05) is 49.9 Å². The number of nitrogens with zero attached hydrogens (tertiary/aromatic N) is 2. The maximum absolute atomic E-state index is 12.4. The Morgan fingerprint density at radius 3 is 2.38 bits per heavy atom. The molecule has 0 aromatic heterocycles. The number of hydrogen-bond donors (Lipinski definition) is 2. The van der Waals surface area contributed by atoms with Gasteiger partial charge in [-0.3, -0.25) is 4.79 Å². The molecule has 3 amide bonds. The molecule has 0 radical (unpaired) electrons. The molecule has 0 atom stereocenters. The highest BCUT2D eigenvalue weighted by molar-refractivity contribution is 6.33. The highest BCUT2D eigenvalue weighted by atomic mass is 35.5. The minimum Gasteiger partial charge on any atom is -0.367 e. The van der Waals surface area contributed by atoms with Crippen LogP contribution in [0, 0.1) is 6.92 Å². The number of carbonyl (C=O) groups excluding carboxylic acids is 2. The number of carbonyl (C=O) groups is 2. The zero-order valence-electron chi connectivity index (χ0n) is 16.3. The number of piperazine rings is 1. The van der Waals surface area contributed by atoms with Crippen LogP contribution in [-0.4, -0.2) is 49.6 Å². The number of urea groups is 1. The molecule has 2 aromatic rings. The lowest BCUT2D eigenvalue weighted by atomic mass is 10.2. The van der Waals surface area contributed by atoms with Crippen LogP contribution >= 0.6 is 23.2 Å². The third-order valence-electron chi connectivity index (χ3n) is 4.93. The van der Waals surface area contributed by atoms with Gasteiger partial charge < -0.3 is 20.4 Å². The van der Waals surface area contributed by atoms with E-state index in [0.29, 0.717) is 41.9 Å². The summed E-state index contributed by atoms with van der Waals surface area (Å²) >= 11 is 12.3. The molecule has 1 fully saturated rings. The molecule has 29 heavy (non-hydrogen) atoms. The summed E-state index contributed by atoms with van der Waals surface area (Å²) < 4.78 is 0. The van der Waals surface area contributed by atoms with E-state index in [1.165, 1.54) is 0 Å². The molecule has 1 heterocycles. The van der Waals surface area contributed by atoms with Crippen molar-refractivity contribution in [1.82, 2.24) is 10.2 Å². The van der Waals surface area contributed by atoms with Gasteiger partial charge in [0.05, 0.1) is 10.7 Å². The molecule has 2 aromatic carbocycles. The highest BCUT2D eigenvalue weighted by Gasteiger charge is 2.22. The number of para-hydroxylation sites is 1. The van der Waals surface area contributed by atoms with Crippen molar-refractivity contribution >= 4 is 46.5 Å². The molecule has 2 N–H and O–H groups in total. The van der Waals surface area contributed by atoms with Crippen molar-refractivity contribution in [3.63, 3.8) is 0 Å². The van der Waals surface area contributed by atoms with Gasteiger partial charge in [-0.15, -0.1) is 0 Å². The fourth-order valence-electron chi connectivity index (χ4n) is 3.21. The molecular formula is C21H24Cl2N4O2. The number of halogens is 2. The maximum Gasteiger partial charge on any atom is 0.317 e. The second kappa shape index (κ2) is 9.85. The van der Waals surface area contributed by atoms with E-state index >= 15 is 0 Å². The van der Waals surface area contributed by atoms with E-state index in [1.807, 2.05) is 31.2 Å². The number of benzene rings is 2. The Labute approximate surface area is 180 Å². The Hall–Kier alpha value is -2.44. The van der Waals surface area contributed by atoms with E-state index < -0.39 is 0 Å². The predicted molar refractivity (Wildman–Crippen MR) is 118 cm³/mol. The van der Waals surface area contributed by atoms with E-state index in [9.17, 15) is 9.59 Å². The van der Waals surface area contributed by atoms with Crippen LogP contribution in [-0.2, 0) is 4.79 Å². The van der Waals surface area contributed by atoms with Gasteiger partial charge >= 0.3 is 6.03 Å². The van der Waals surface area contributed by atoms with Crippen LogP contribution in [0.3, 0.4) is 0 Å². The number of hydrogen-bond acceptors (Lipinski definition) is 3. The second-order valence-electron chi connectivity index (χ2n) is 6.87. The van der Waals surface area contributed by atoms with Crippen LogP contribution in [0.5, 0.6) is 0 Å². The van der Waals surface area contributed by atoms with Crippen LogP contribution in [0.2, 0.25) is 10.0 Å². The molecule has 8 heteroatoms. The highest BCUT2D eigenvalue weighted by Crippen LogP contribution is 2.26. The van der Waals surface area contributed by atoms with E-state index in [-0.39, 0.29) is 24.9 Å². The molecule has 1 saturated heterocycles. The van der Waals surface area contributed by atoms with E-state index in [2.05, 4.69) is 15.5 Å². The van der Waals surface area contributed by atoms with Crippen molar-refractivity contribution in [3.05, 3.63) is 58.1 Å². The summed E-state index contributed by atoms with van der Waals surface area (Å²) in [4.78, 5) is 28.4. The van der Waals surface area contributed by atoms with Gasteiger partial charge in [-0.2, -0.15) is 0 Å².